The molecule has 0 spiro atoms. The average Bonchev–Trinajstić information content (AvgIpc) is 2.65. The Labute approximate surface area is 152 Å². The standard InChI is InChI=1S/C19H20N4O3/c1-2-12-21-18(24)22-15-7-6-10-17(14-15)26-19(25)23(13-11-20)16-8-4-3-5-9-16/h3-10,14H,2,12-13H2,1H3,(H2,21,22,24). The van der Waals surface area contributed by atoms with Gasteiger partial charge in [-0.3, -0.25) is 4.90 Å². The molecule has 0 aliphatic carbocycles. The summed E-state index contributed by atoms with van der Waals surface area (Å²) in [6.07, 6.45) is 0.157. The molecular formula is C19H20N4O3. The third kappa shape index (κ3) is 5.53. The molecule has 0 aliphatic rings. The Balaban J connectivity index is 2.07. The van der Waals surface area contributed by atoms with Gasteiger partial charge in [-0.25, -0.2) is 9.59 Å². The molecule has 0 unspecified atom stereocenters. The normalized spacial score (nSPS) is 9.69. The minimum Gasteiger partial charge on any atom is -0.410 e. The van der Waals surface area contributed by atoms with Crippen molar-refractivity contribution >= 4 is 23.5 Å². The van der Waals surface area contributed by atoms with Gasteiger partial charge in [0.05, 0.1) is 6.07 Å². The predicted molar refractivity (Wildman–Crippen MR) is 99.2 cm³/mol. The molecule has 0 aromatic heterocycles. The molecule has 0 saturated carbocycles. The summed E-state index contributed by atoms with van der Waals surface area (Å²) in [5.74, 6) is 0.266. The smallest absolute Gasteiger partial charge is 0.410 e. The first-order valence-electron chi connectivity index (χ1n) is 8.20. The summed E-state index contributed by atoms with van der Waals surface area (Å²) >= 11 is 0. The fraction of sp³-hybridized carbons (Fsp3) is 0.211. The van der Waals surface area contributed by atoms with Crippen LogP contribution >= 0.6 is 0 Å². The number of hydrogen-bond donors (Lipinski definition) is 2. The molecule has 2 rings (SSSR count). The van der Waals surface area contributed by atoms with Crippen LogP contribution in [0.1, 0.15) is 13.3 Å². The van der Waals surface area contributed by atoms with Crippen LogP contribution in [0, 0.1) is 11.3 Å². The van der Waals surface area contributed by atoms with Gasteiger partial charge in [-0.1, -0.05) is 31.2 Å². The second-order valence-corrected chi connectivity index (χ2v) is 5.36. The van der Waals surface area contributed by atoms with Gasteiger partial charge in [0, 0.05) is 24.0 Å². The van der Waals surface area contributed by atoms with E-state index in [-0.39, 0.29) is 18.3 Å². The number of amides is 3. The number of nitrogens with one attached hydrogen (secondary N) is 2. The summed E-state index contributed by atoms with van der Waals surface area (Å²) in [7, 11) is 0. The van der Waals surface area contributed by atoms with Crippen LogP contribution in [-0.2, 0) is 0 Å². The molecule has 7 heteroatoms. The van der Waals surface area contributed by atoms with Gasteiger partial charge in [-0.05, 0) is 30.7 Å². The van der Waals surface area contributed by atoms with Gasteiger partial charge >= 0.3 is 12.1 Å². The monoisotopic (exact) mass is 352 g/mol. The molecule has 0 fully saturated rings. The van der Waals surface area contributed by atoms with E-state index in [2.05, 4.69) is 10.6 Å². The lowest BCUT2D eigenvalue weighted by Gasteiger charge is -2.19. The predicted octanol–water partition coefficient (Wildman–Crippen LogP) is 3.75. The third-order valence-corrected chi connectivity index (χ3v) is 3.35. The van der Waals surface area contributed by atoms with Crippen molar-refractivity contribution in [3.05, 3.63) is 54.6 Å². The van der Waals surface area contributed by atoms with Gasteiger partial charge in [0.2, 0.25) is 0 Å². The Kier molecular flexibility index (Phi) is 7.01. The van der Waals surface area contributed by atoms with Gasteiger partial charge in [-0.2, -0.15) is 5.26 Å². The Morgan fingerprint density at radius 2 is 1.92 bits per heavy atom. The van der Waals surface area contributed by atoms with Crippen molar-refractivity contribution in [2.45, 2.75) is 13.3 Å². The summed E-state index contributed by atoms with van der Waals surface area (Å²) in [4.78, 5) is 25.4. The lowest BCUT2D eigenvalue weighted by Crippen LogP contribution is -2.34. The van der Waals surface area contributed by atoms with Crippen molar-refractivity contribution in [2.24, 2.45) is 0 Å². The second-order valence-electron chi connectivity index (χ2n) is 5.36. The number of ether oxygens (including phenoxy) is 1. The van der Waals surface area contributed by atoms with Crippen LogP contribution in [0.2, 0.25) is 0 Å². The summed E-state index contributed by atoms with van der Waals surface area (Å²) < 4.78 is 5.35. The quantitative estimate of drug-likeness (QED) is 0.774. The highest BCUT2D eigenvalue weighted by molar-refractivity contribution is 5.91. The largest absolute Gasteiger partial charge is 0.420 e. The minimum absolute atomic E-state index is 0.139. The molecule has 2 aromatic rings. The van der Waals surface area contributed by atoms with E-state index in [9.17, 15) is 9.59 Å². The molecule has 0 saturated heterocycles. The number of carbonyl (C=O) groups is 2. The van der Waals surface area contributed by atoms with Crippen LogP contribution in [0.25, 0.3) is 0 Å². The minimum atomic E-state index is -0.676. The van der Waals surface area contributed by atoms with Crippen molar-refractivity contribution in [3.63, 3.8) is 0 Å². The topological polar surface area (TPSA) is 94.5 Å². The molecule has 7 nitrogen and oxygen atoms in total. The average molecular weight is 352 g/mol. The SMILES string of the molecule is CCCNC(=O)Nc1cccc(OC(=O)N(CC#N)c2ccccc2)c1. The fourth-order valence-corrected chi connectivity index (χ4v) is 2.15. The van der Waals surface area contributed by atoms with E-state index in [1.165, 1.54) is 4.90 Å². The van der Waals surface area contributed by atoms with Gasteiger partial charge in [0.1, 0.15) is 12.3 Å². The van der Waals surface area contributed by atoms with Crippen molar-refractivity contribution < 1.29 is 14.3 Å². The summed E-state index contributed by atoms with van der Waals surface area (Å²) in [6, 6.07) is 16.9. The van der Waals surface area contributed by atoms with Gasteiger partial charge in [0.25, 0.3) is 0 Å². The Morgan fingerprint density at radius 3 is 2.62 bits per heavy atom. The summed E-state index contributed by atoms with van der Waals surface area (Å²) in [5.41, 5.74) is 1.06. The van der Waals surface area contributed by atoms with Crippen LogP contribution in [0.3, 0.4) is 0 Å². The molecule has 0 heterocycles. The number of nitriles is 1. The highest BCUT2D eigenvalue weighted by Crippen LogP contribution is 2.20. The highest BCUT2D eigenvalue weighted by atomic mass is 16.6. The maximum atomic E-state index is 12.4. The van der Waals surface area contributed by atoms with E-state index < -0.39 is 6.09 Å². The molecule has 3 amide bonds. The fourth-order valence-electron chi connectivity index (χ4n) is 2.15. The van der Waals surface area contributed by atoms with E-state index >= 15 is 0 Å². The maximum absolute atomic E-state index is 12.4. The summed E-state index contributed by atoms with van der Waals surface area (Å²) in [5, 5.41) is 14.3. The molecule has 0 atom stereocenters. The number of carbonyl (C=O) groups excluding carboxylic acids is 2. The van der Waals surface area contributed by atoms with E-state index in [0.29, 0.717) is 17.9 Å². The zero-order valence-electron chi connectivity index (χ0n) is 14.4. The van der Waals surface area contributed by atoms with Crippen LogP contribution in [0.15, 0.2) is 54.6 Å². The molecular weight excluding hydrogens is 332 g/mol. The summed E-state index contributed by atoms with van der Waals surface area (Å²) in [6.45, 7) is 2.39. The first-order valence-corrected chi connectivity index (χ1v) is 8.20. The molecule has 2 N–H and O–H groups in total. The molecule has 0 radical (unpaired) electrons. The lowest BCUT2D eigenvalue weighted by atomic mass is 10.3. The Bertz CT molecular complexity index is 787. The Hall–Kier alpha value is -3.53. The number of para-hydroxylation sites is 1. The number of hydrogen-bond acceptors (Lipinski definition) is 4. The van der Waals surface area contributed by atoms with Crippen molar-refractivity contribution in [1.29, 1.82) is 5.26 Å². The van der Waals surface area contributed by atoms with E-state index in [1.54, 1.807) is 48.5 Å². The lowest BCUT2D eigenvalue weighted by molar-refractivity contribution is 0.208. The van der Waals surface area contributed by atoms with Gasteiger partial charge in [0.15, 0.2) is 0 Å². The number of anilines is 2. The first-order chi connectivity index (χ1) is 12.6. The number of urea groups is 1. The maximum Gasteiger partial charge on any atom is 0.420 e. The number of rotatable bonds is 6. The molecule has 2 aromatic carbocycles. The van der Waals surface area contributed by atoms with Gasteiger partial charge < -0.3 is 15.4 Å². The molecule has 0 bridgehead atoms. The van der Waals surface area contributed by atoms with E-state index in [1.807, 2.05) is 19.1 Å². The Morgan fingerprint density at radius 1 is 1.15 bits per heavy atom. The van der Waals surface area contributed by atoms with Crippen LogP contribution < -0.4 is 20.3 Å². The van der Waals surface area contributed by atoms with Crippen LogP contribution in [0.5, 0.6) is 5.75 Å². The van der Waals surface area contributed by atoms with Gasteiger partial charge in [-0.15, -0.1) is 0 Å². The first kappa shape index (κ1) is 18.8. The molecule has 134 valence electrons. The molecule has 26 heavy (non-hydrogen) atoms. The zero-order valence-corrected chi connectivity index (χ0v) is 14.4. The van der Waals surface area contributed by atoms with Crippen molar-refractivity contribution in [2.75, 3.05) is 23.3 Å². The van der Waals surface area contributed by atoms with Crippen molar-refractivity contribution in [1.82, 2.24) is 5.32 Å². The van der Waals surface area contributed by atoms with E-state index in [4.69, 9.17) is 10.00 Å². The van der Waals surface area contributed by atoms with Crippen LogP contribution in [-0.4, -0.2) is 25.2 Å². The second kappa shape index (κ2) is 9.69. The highest BCUT2D eigenvalue weighted by Gasteiger charge is 2.17. The zero-order chi connectivity index (χ0) is 18.8. The number of nitrogens with zero attached hydrogens (tertiary/aromatic N) is 2. The third-order valence-electron chi connectivity index (χ3n) is 3.35. The molecule has 0 aliphatic heterocycles. The van der Waals surface area contributed by atoms with E-state index in [0.717, 1.165) is 6.42 Å². The van der Waals surface area contributed by atoms with Crippen molar-refractivity contribution in [3.8, 4) is 11.8 Å². The van der Waals surface area contributed by atoms with Crippen LogP contribution in [0.4, 0.5) is 21.0 Å². The number of benzene rings is 2.